The molecule has 2 N–H and O–H groups in total. The molecule has 0 aliphatic carbocycles. The third kappa shape index (κ3) is 5.85. The second kappa shape index (κ2) is 10.9. The van der Waals surface area contributed by atoms with Gasteiger partial charge >= 0.3 is 0 Å². The largest absolute Gasteiger partial charge is 0.495 e. The minimum absolute atomic E-state index is 0.167. The van der Waals surface area contributed by atoms with Gasteiger partial charge in [-0.1, -0.05) is 59.8 Å². The Morgan fingerprint density at radius 3 is 2.42 bits per heavy atom. The molecule has 1 heterocycles. The molecule has 1 aromatic heterocycles. The van der Waals surface area contributed by atoms with Crippen molar-refractivity contribution in [2.45, 2.75) is 11.7 Å². The van der Waals surface area contributed by atoms with E-state index in [2.05, 4.69) is 20.8 Å². The summed E-state index contributed by atoms with van der Waals surface area (Å²) in [5.41, 5.74) is 2.52. The number of nitrogens with one attached hydrogen (secondary N) is 2. The fraction of sp³-hybridized carbons (Fsp3) is 0.125. The van der Waals surface area contributed by atoms with Crippen LogP contribution >= 0.6 is 23.4 Å². The number of rotatable bonds is 9. The number of halogens is 1. The van der Waals surface area contributed by atoms with Crippen LogP contribution in [-0.4, -0.2) is 33.5 Å². The Bertz CT molecular complexity index is 1220. The van der Waals surface area contributed by atoms with Gasteiger partial charge < -0.3 is 15.4 Å². The molecule has 9 heteroatoms. The molecule has 33 heavy (non-hydrogen) atoms. The van der Waals surface area contributed by atoms with Gasteiger partial charge in [-0.25, -0.2) is 0 Å². The first kappa shape index (κ1) is 22.7. The maximum Gasteiger partial charge on any atom is 0.234 e. The highest BCUT2D eigenvalue weighted by Crippen LogP contribution is 2.28. The molecule has 0 spiro atoms. The minimum Gasteiger partial charge on any atom is -0.495 e. The predicted molar refractivity (Wildman–Crippen MR) is 132 cm³/mol. The first-order valence-electron chi connectivity index (χ1n) is 10.2. The number of carbonyl (C=O) groups excluding carboxylic acids is 1. The third-order valence-corrected chi connectivity index (χ3v) is 5.93. The predicted octanol–water partition coefficient (Wildman–Crippen LogP) is 5.27. The van der Waals surface area contributed by atoms with Crippen LogP contribution in [0.15, 0.2) is 84.0 Å². The molecule has 4 aromatic rings. The van der Waals surface area contributed by atoms with Crippen LogP contribution in [0, 0.1) is 0 Å². The second-order valence-electron chi connectivity index (χ2n) is 6.98. The number of hydrogen-bond donors (Lipinski definition) is 2. The van der Waals surface area contributed by atoms with Gasteiger partial charge in [0.15, 0.2) is 11.0 Å². The van der Waals surface area contributed by atoms with E-state index in [4.69, 9.17) is 16.3 Å². The van der Waals surface area contributed by atoms with Crippen molar-refractivity contribution in [1.82, 2.24) is 14.8 Å². The summed E-state index contributed by atoms with van der Waals surface area (Å²) in [5, 5.41) is 16.0. The van der Waals surface area contributed by atoms with E-state index in [0.717, 1.165) is 17.2 Å². The van der Waals surface area contributed by atoms with E-state index in [-0.39, 0.29) is 11.7 Å². The molecule has 0 radical (unpaired) electrons. The maximum atomic E-state index is 12.5. The number of nitrogens with zero attached hydrogens (tertiary/aromatic N) is 3. The van der Waals surface area contributed by atoms with E-state index in [1.54, 1.807) is 25.3 Å². The molecule has 4 rings (SSSR count). The van der Waals surface area contributed by atoms with E-state index in [9.17, 15) is 4.79 Å². The monoisotopic (exact) mass is 479 g/mol. The van der Waals surface area contributed by atoms with Crippen molar-refractivity contribution < 1.29 is 9.53 Å². The average molecular weight is 480 g/mol. The van der Waals surface area contributed by atoms with Crippen LogP contribution in [0.1, 0.15) is 5.82 Å². The normalized spacial score (nSPS) is 10.6. The summed E-state index contributed by atoms with van der Waals surface area (Å²) in [5.74, 6) is 1.29. The molecule has 168 valence electrons. The molecule has 0 atom stereocenters. The number of amides is 1. The Labute approximate surface area is 201 Å². The Morgan fingerprint density at radius 2 is 1.73 bits per heavy atom. The second-order valence-corrected chi connectivity index (χ2v) is 8.33. The van der Waals surface area contributed by atoms with Gasteiger partial charge in [0.25, 0.3) is 0 Å². The number of thioether (sulfide) groups is 1. The maximum absolute atomic E-state index is 12.5. The van der Waals surface area contributed by atoms with Gasteiger partial charge in [-0.2, -0.15) is 0 Å². The van der Waals surface area contributed by atoms with Crippen molar-refractivity contribution >= 4 is 40.6 Å². The van der Waals surface area contributed by atoms with Crippen LogP contribution < -0.4 is 15.4 Å². The topological polar surface area (TPSA) is 81.1 Å². The van der Waals surface area contributed by atoms with Crippen LogP contribution in [0.4, 0.5) is 11.4 Å². The van der Waals surface area contributed by atoms with Crippen molar-refractivity contribution in [1.29, 1.82) is 0 Å². The number of hydrogen-bond acceptors (Lipinski definition) is 6. The van der Waals surface area contributed by atoms with Crippen LogP contribution in [0.2, 0.25) is 5.02 Å². The lowest BCUT2D eigenvalue weighted by Crippen LogP contribution is -2.15. The Morgan fingerprint density at radius 1 is 1.00 bits per heavy atom. The van der Waals surface area contributed by atoms with Crippen molar-refractivity contribution in [2.75, 3.05) is 23.5 Å². The third-order valence-electron chi connectivity index (χ3n) is 4.71. The van der Waals surface area contributed by atoms with Gasteiger partial charge in [0.05, 0.1) is 24.4 Å². The quantitative estimate of drug-likeness (QED) is 0.318. The zero-order valence-electron chi connectivity index (χ0n) is 17.9. The zero-order valence-corrected chi connectivity index (χ0v) is 19.4. The van der Waals surface area contributed by atoms with Gasteiger partial charge in [0, 0.05) is 17.1 Å². The molecule has 1 amide bonds. The highest BCUT2D eigenvalue weighted by Gasteiger charge is 2.16. The zero-order chi connectivity index (χ0) is 23.0. The number of aromatic nitrogens is 3. The van der Waals surface area contributed by atoms with Gasteiger partial charge in [-0.15, -0.1) is 10.2 Å². The molecule has 0 aliphatic heterocycles. The van der Waals surface area contributed by atoms with Crippen LogP contribution in [0.3, 0.4) is 0 Å². The summed E-state index contributed by atoms with van der Waals surface area (Å²) in [7, 11) is 1.54. The number of benzene rings is 3. The highest BCUT2D eigenvalue weighted by atomic mass is 35.5. The van der Waals surface area contributed by atoms with Crippen molar-refractivity contribution in [2.24, 2.45) is 0 Å². The van der Waals surface area contributed by atoms with Crippen molar-refractivity contribution in [3.05, 3.63) is 89.7 Å². The van der Waals surface area contributed by atoms with Gasteiger partial charge in [0.2, 0.25) is 5.91 Å². The lowest BCUT2D eigenvalue weighted by Gasteiger charge is -2.12. The summed E-state index contributed by atoms with van der Waals surface area (Å²) in [4.78, 5) is 12.5. The number of para-hydroxylation sites is 2. The fourth-order valence-electron chi connectivity index (χ4n) is 3.15. The number of methoxy groups -OCH3 is 1. The Kier molecular flexibility index (Phi) is 7.49. The molecule has 0 aliphatic rings. The number of anilines is 2. The van der Waals surface area contributed by atoms with E-state index >= 15 is 0 Å². The van der Waals surface area contributed by atoms with E-state index < -0.39 is 0 Å². The molecular formula is C24H22ClN5O2S. The average Bonchev–Trinajstić information content (AvgIpc) is 3.25. The molecule has 0 fully saturated rings. The van der Waals surface area contributed by atoms with E-state index in [0.29, 0.717) is 28.2 Å². The summed E-state index contributed by atoms with van der Waals surface area (Å²) < 4.78 is 7.10. The van der Waals surface area contributed by atoms with Gasteiger partial charge in [0.1, 0.15) is 5.75 Å². The molecule has 3 aromatic carbocycles. The Hall–Kier alpha value is -3.49. The van der Waals surface area contributed by atoms with Gasteiger partial charge in [-0.3, -0.25) is 9.36 Å². The molecule has 0 saturated heterocycles. The van der Waals surface area contributed by atoms with E-state index in [1.807, 2.05) is 65.2 Å². The Balaban J connectivity index is 1.47. The van der Waals surface area contributed by atoms with Crippen LogP contribution in [0.25, 0.3) is 5.69 Å². The molecule has 0 unspecified atom stereocenters. The summed E-state index contributed by atoms with van der Waals surface area (Å²) in [6.45, 7) is 0.489. The summed E-state index contributed by atoms with van der Waals surface area (Å²) >= 11 is 7.46. The summed E-state index contributed by atoms with van der Waals surface area (Å²) in [6.07, 6.45) is 0. The smallest absolute Gasteiger partial charge is 0.234 e. The lowest BCUT2D eigenvalue weighted by molar-refractivity contribution is -0.113. The van der Waals surface area contributed by atoms with Crippen molar-refractivity contribution in [3.8, 4) is 11.4 Å². The summed E-state index contributed by atoms with van der Waals surface area (Å²) in [6, 6.07) is 24.9. The number of carbonyl (C=O) groups is 1. The molecular weight excluding hydrogens is 458 g/mol. The molecule has 7 nitrogen and oxygen atoms in total. The fourth-order valence-corrected chi connectivity index (χ4v) is 4.18. The lowest BCUT2D eigenvalue weighted by atomic mass is 10.3. The highest BCUT2D eigenvalue weighted by molar-refractivity contribution is 7.99. The van der Waals surface area contributed by atoms with Crippen LogP contribution in [0.5, 0.6) is 5.75 Å². The first-order chi connectivity index (χ1) is 16.1. The van der Waals surface area contributed by atoms with E-state index in [1.165, 1.54) is 11.8 Å². The SMILES string of the molecule is COc1ccc(NC(=O)CSc2nnc(CNc3ccccc3)n2-c2ccccc2)cc1Cl. The molecule has 0 saturated carbocycles. The van der Waals surface area contributed by atoms with Gasteiger partial charge in [-0.05, 0) is 42.5 Å². The van der Waals surface area contributed by atoms with Crippen LogP contribution in [-0.2, 0) is 11.3 Å². The first-order valence-corrected chi connectivity index (χ1v) is 11.5. The minimum atomic E-state index is -0.173. The standard InChI is InChI=1S/C24H22ClN5O2S/c1-32-21-13-12-18(14-20(21)25)27-23(31)16-33-24-29-28-22(15-26-17-8-4-2-5-9-17)30(24)19-10-6-3-7-11-19/h2-14,26H,15-16H2,1H3,(H,27,31). The van der Waals surface area contributed by atoms with Crippen molar-refractivity contribution in [3.63, 3.8) is 0 Å². The number of ether oxygens (including phenoxy) is 1. The molecule has 0 bridgehead atoms.